The zero-order chi connectivity index (χ0) is 15.2. The van der Waals surface area contributed by atoms with Crippen molar-refractivity contribution in [1.82, 2.24) is 0 Å². The monoisotopic (exact) mass is 286 g/mol. The van der Waals surface area contributed by atoms with Crippen LogP contribution in [0.1, 0.15) is 11.7 Å². The summed E-state index contributed by atoms with van der Waals surface area (Å²) in [6.45, 7) is 0.466. The molecule has 0 aromatic heterocycles. The van der Waals surface area contributed by atoms with Gasteiger partial charge < -0.3 is 20.1 Å². The van der Waals surface area contributed by atoms with Crippen molar-refractivity contribution in [2.45, 2.75) is 6.10 Å². The van der Waals surface area contributed by atoms with Gasteiger partial charge in [0.05, 0.1) is 13.2 Å². The molecule has 2 N–H and O–H groups in total. The molecule has 4 heteroatoms. The Morgan fingerprint density at radius 3 is 2.19 bits per heavy atom. The fourth-order valence-corrected chi connectivity index (χ4v) is 2.04. The van der Waals surface area contributed by atoms with E-state index in [4.69, 9.17) is 4.74 Å². The number of rotatable bonds is 6. The molecule has 0 aliphatic rings. The second kappa shape index (κ2) is 6.99. The number of nitrogens with one attached hydrogen (secondary N) is 1. The molecule has 0 amide bonds. The van der Waals surface area contributed by atoms with Crippen molar-refractivity contribution < 1.29 is 9.84 Å². The van der Waals surface area contributed by atoms with Gasteiger partial charge in [0.1, 0.15) is 5.75 Å². The molecule has 1 atom stereocenters. The smallest absolute Gasteiger partial charge is 0.118 e. The molecule has 0 spiro atoms. The Morgan fingerprint density at radius 2 is 1.67 bits per heavy atom. The number of hydrogen-bond donors (Lipinski definition) is 2. The van der Waals surface area contributed by atoms with Crippen LogP contribution in [0.25, 0.3) is 0 Å². The Balaban J connectivity index is 1.92. The van der Waals surface area contributed by atoms with E-state index in [0.717, 1.165) is 22.7 Å². The maximum Gasteiger partial charge on any atom is 0.118 e. The lowest BCUT2D eigenvalue weighted by Crippen LogP contribution is -2.12. The van der Waals surface area contributed by atoms with Gasteiger partial charge in [0, 0.05) is 32.0 Å². The number of benzene rings is 2. The average Bonchev–Trinajstić information content (AvgIpc) is 2.53. The van der Waals surface area contributed by atoms with E-state index >= 15 is 0 Å². The van der Waals surface area contributed by atoms with Gasteiger partial charge in [-0.1, -0.05) is 12.1 Å². The Morgan fingerprint density at radius 1 is 1.05 bits per heavy atom. The van der Waals surface area contributed by atoms with Crippen molar-refractivity contribution in [3.63, 3.8) is 0 Å². The van der Waals surface area contributed by atoms with E-state index < -0.39 is 6.10 Å². The molecule has 2 rings (SSSR count). The SMILES string of the molecule is COc1ccc(C(O)CNc2ccc(N(C)C)cc2)cc1. The quantitative estimate of drug-likeness (QED) is 0.857. The first-order valence-electron chi connectivity index (χ1n) is 6.93. The number of hydrogen-bond acceptors (Lipinski definition) is 4. The first-order valence-corrected chi connectivity index (χ1v) is 6.93. The lowest BCUT2D eigenvalue weighted by Gasteiger charge is -2.15. The van der Waals surface area contributed by atoms with E-state index in [2.05, 4.69) is 10.2 Å². The fourth-order valence-electron chi connectivity index (χ4n) is 2.04. The second-order valence-electron chi connectivity index (χ2n) is 5.11. The minimum Gasteiger partial charge on any atom is -0.497 e. The van der Waals surface area contributed by atoms with Crippen LogP contribution in [0.15, 0.2) is 48.5 Å². The zero-order valence-electron chi connectivity index (χ0n) is 12.7. The van der Waals surface area contributed by atoms with Crippen molar-refractivity contribution >= 4 is 11.4 Å². The van der Waals surface area contributed by atoms with Crippen LogP contribution in [-0.4, -0.2) is 32.9 Å². The van der Waals surface area contributed by atoms with Crippen LogP contribution < -0.4 is 15.0 Å². The number of methoxy groups -OCH3 is 1. The molecule has 0 heterocycles. The van der Waals surface area contributed by atoms with E-state index in [-0.39, 0.29) is 0 Å². The summed E-state index contributed by atoms with van der Waals surface area (Å²) in [6.07, 6.45) is -0.551. The van der Waals surface area contributed by atoms with E-state index in [9.17, 15) is 5.11 Å². The number of anilines is 2. The maximum absolute atomic E-state index is 10.2. The van der Waals surface area contributed by atoms with E-state index in [1.54, 1.807) is 7.11 Å². The molecular formula is C17H22N2O2. The number of aliphatic hydroxyl groups is 1. The lowest BCUT2D eigenvalue weighted by molar-refractivity contribution is 0.191. The fraction of sp³-hybridized carbons (Fsp3) is 0.294. The second-order valence-corrected chi connectivity index (χ2v) is 5.11. The number of aliphatic hydroxyl groups excluding tert-OH is 1. The highest BCUT2D eigenvalue weighted by atomic mass is 16.5. The van der Waals surface area contributed by atoms with Gasteiger partial charge in [0.15, 0.2) is 0 Å². The standard InChI is InChI=1S/C17H22N2O2/c1-19(2)15-8-6-14(7-9-15)18-12-17(20)13-4-10-16(21-3)11-5-13/h4-11,17-18,20H,12H2,1-3H3. The summed E-state index contributed by atoms with van der Waals surface area (Å²) in [4.78, 5) is 2.05. The molecule has 4 nitrogen and oxygen atoms in total. The third kappa shape index (κ3) is 4.13. The van der Waals surface area contributed by atoms with Gasteiger partial charge in [-0.15, -0.1) is 0 Å². The minimum atomic E-state index is -0.551. The normalized spacial score (nSPS) is 11.8. The van der Waals surface area contributed by atoms with Crippen LogP contribution in [0.4, 0.5) is 11.4 Å². The summed E-state index contributed by atoms with van der Waals surface area (Å²) in [6, 6.07) is 15.6. The first-order chi connectivity index (χ1) is 10.1. The van der Waals surface area contributed by atoms with Gasteiger partial charge >= 0.3 is 0 Å². The summed E-state index contributed by atoms with van der Waals surface area (Å²) in [7, 11) is 5.65. The zero-order valence-corrected chi connectivity index (χ0v) is 12.7. The Bertz CT molecular complexity index is 550. The summed E-state index contributed by atoms with van der Waals surface area (Å²) in [5.74, 6) is 0.790. The van der Waals surface area contributed by atoms with Crippen LogP contribution in [-0.2, 0) is 0 Å². The molecule has 0 saturated heterocycles. The predicted molar refractivity (Wildman–Crippen MR) is 87.2 cm³/mol. The summed E-state index contributed by atoms with van der Waals surface area (Å²) in [5.41, 5.74) is 3.01. The molecule has 0 saturated carbocycles. The van der Waals surface area contributed by atoms with Crippen molar-refractivity contribution in [2.24, 2.45) is 0 Å². The van der Waals surface area contributed by atoms with Crippen LogP contribution >= 0.6 is 0 Å². The largest absolute Gasteiger partial charge is 0.497 e. The molecule has 0 aliphatic heterocycles. The molecular weight excluding hydrogens is 264 g/mol. The van der Waals surface area contributed by atoms with Crippen LogP contribution in [0.3, 0.4) is 0 Å². The molecule has 2 aromatic carbocycles. The van der Waals surface area contributed by atoms with Crippen molar-refractivity contribution in [1.29, 1.82) is 0 Å². The molecule has 2 aromatic rings. The average molecular weight is 286 g/mol. The van der Waals surface area contributed by atoms with Gasteiger partial charge in [-0.3, -0.25) is 0 Å². The summed E-state index contributed by atoms with van der Waals surface area (Å²) in [5, 5.41) is 13.4. The molecule has 0 radical (unpaired) electrons. The highest BCUT2D eigenvalue weighted by molar-refractivity contribution is 5.54. The highest BCUT2D eigenvalue weighted by Crippen LogP contribution is 2.19. The van der Waals surface area contributed by atoms with E-state index in [1.165, 1.54) is 0 Å². The first kappa shape index (κ1) is 15.2. The predicted octanol–water partition coefficient (Wildman–Crippen LogP) is 2.91. The molecule has 21 heavy (non-hydrogen) atoms. The Labute approximate surface area is 126 Å². The Hall–Kier alpha value is -2.20. The van der Waals surface area contributed by atoms with E-state index in [0.29, 0.717) is 6.54 Å². The Kier molecular flexibility index (Phi) is 5.06. The number of ether oxygens (including phenoxy) is 1. The summed E-state index contributed by atoms with van der Waals surface area (Å²) >= 11 is 0. The van der Waals surface area contributed by atoms with E-state index in [1.807, 2.05) is 62.6 Å². The minimum absolute atomic E-state index is 0.466. The third-order valence-electron chi connectivity index (χ3n) is 3.38. The molecule has 0 fully saturated rings. The van der Waals surface area contributed by atoms with Gasteiger partial charge in [-0.2, -0.15) is 0 Å². The van der Waals surface area contributed by atoms with Crippen LogP contribution in [0.2, 0.25) is 0 Å². The molecule has 0 bridgehead atoms. The maximum atomic E-state index is 10.2. The summed E-state index contributed by atoms with van der Waals surface area (Å²) < 4.78 is 5.11. The van der Waals surface area contributed by atoms with Crippen LogP contribution in [0.5, 0.6) is 5.75 Å². The van der Waals surface area contributed by atoms with Crippen molar-refractivity contribution in [3.8, 4) is 5.75 Å². The topological polar surface area (TPSA) is 44.7 Å². The van der Waals surface area contributed by atoms with Gasteiger partial charge in [0.25, 0.3) is 0 Å². The molecule has 0 aliphatic carbocycles. The third-order valence-corrected chi connectivity index (χ3v) is 3.38. The van der Waals surface area contributed by atoms with Crippen molar-refractivity contribution in [3.05, 3.63) is 54.1 Å². The van der Waals surface area contributed by atoms with Crippen LogP contribution in [0, 0.1) is 0 Å². The van der Waals surface area contributed by atoms with Gasteiger partial charge in [-0.25, -0.2) is 0 Å². The molecule has 1 unspecified atom stereocenters. The highest BCUT2D eigenvalue weighted by Gasteiger charge is 2.07. The lowest BCUT2D eigenvalue weighted by atomic mass is 10.1. The van der Waals surface area contributed by atoms with Gasteiger partial charge in [0.2, 0.25) is 0 Å². The van der Waals surface area contributed by atoms with Crippen molar-refractivity contribution in [2.75, 3.05) is 38.0 Å². The number of nitrogens with zero attached hydrogens (tertiary/aromatic N) is 1. The van der Waals surface area contributed by atoms with Gasteiger partial charge in [-0.05, 0) is 42.0 Å². The molecule has 112 valence electrons.